The molecule has 20 heavy (non-hydrogen) atoms. The highest BCUT2D eigenvalue weighted by molar-refractivity contribution is 6.51. The highest BCUT2D eigenvalue weighted by atomic mass is 35.5. The van der Waals surface area contributed by atoms with Gasteiger partial charge in [0.25, 0.3) is 0 Å². The van der Waals surface area contributed by atoms with Gasteiger partial charge in [-0.25, -0.2) is 4.98 Å². The molecule has 0 N–H and O–H groups in total. The first-order valence-corrected chi connectivity index (χ1v) is 7.34. The van der Waals surface area contributed by atoms with Crippen molar-refractivity contribution in [2.45, 2.75) is 21.5 Å². The molecule has 0 fully saturated rings. The molecular formula is C12H8Cl4N4. The number of fused-ring (bicyclic) bond motifs is 1. The monoisotopic (exact) mass is 348 g/mol. The van der Waals surface area contributed by atoms with E-state index in [1.54, 1.807) is 18.3 Å². The summed E-state index contributed by atoms with van der Waals surface area (Å²) >= 11 is 25.0. The summed E-state index contributed by atoms with van der Waals surface area (Å²) in [6, 6.07) is 5.39. The van der Waals surface area contributed by atoms with E-state index in [2.05, 4.69) is 20.2 Å². The Morgan fingerprint density at radius 1 is 0.900 bits per heavy atom. The van der Waals surface area contributed by atoms with Gasteiger partial charge in [-0.2, -0.15) is 0 Å². The fourth-order valence-corrected chi connectivity index (χ4v) is 2.88. The van der Waals surface area contributed by atoms with Gasteiger partial charge in [-0.15, -0.1) is 10.2 Å². The quantitative estimate of drug-likeness (QED) is 0.730. The summed E-state index contributed by atoms with van der Waals surface area (Å²) in [5.74, 6) is 0.334. The maximum Gasteiger partial charge on any atom is 0.200 e. The summed E-state index contributed by atoms with van der Waals surface area (Å²) in [5.41, 5.74) is 1.22. The van der Waals surface area contributed by atoms with Crippen LogP contribution in [-0.4, -0.2) is 20.2 Å². The van der Waals surface area contributed by atoms with E-state index in [4.69, 9.17) is 46.4 Å². The second kappa shape index (κ2) is 4.95. The molecule has 0 aliphatic heterocycles. The number of alkyl halides is 4. The molecule has 0 bridgehead atoms. The van der Waals surface area contributed by atoms with Crippen LogP contribution in [0.2, 0.25) is 0 Å². The van der Waals surface area contributed by atoms with Crippen LogP contribution in [0.4, 0.5) is 0 Å². The predicted molar refractivity (Wildman–Crippen MR) is 79.1 cm³/mol. The fraction of sp³-hybridized carbons (Fsp3) is 0.333. The molecule has 4 nitrogen and oxygen atoms in total. The molecule has 8 heteroatoms. The number of rotatable bonds is 1. The van der Waals surface area contributed by atoms with Gasteiger partial charge in [-0.1, -0.05) is 52.5 Å². The van der Waals surface area contributed by atoms with E-state index in [0.717, 1.165) is 0 Å². The van der Waals surface area contributed by atoms with Crippen LogP contribution in [0.15, 0.2) is 24.4 Å². The Hall–Kier alpha value is -0.680. The molecule has 3 rings (SSSR count). The normalized spacial score (nSPS) is 19.4. The van der Waals surface area contributed by atoms with Gasteiger partial charge < -0.3 is 0 Å². The highest BCUT2D eigenvalue weighted by Gasteiger charge is 2.46. The molecule has 0 amide bonds. The van der Waals surface area contributed by atoms with Crippen LogP contribution in [0.5, 0.6) is 0 Å². The van der Waals surface area contributed by atoms with Crippen molar-refractivity contribution in [2.75, 3.05) is 0 Å². The maximum atomic E-state index is 6.29. The summed E-state index contributed by atoms with van der Waals surface area (Å²) < 4.78 is -2.35. The lowest BCUT2D eigenvalue weighted by Crippen LogP contribution is -2.31. The van der Waals surface area contributed by atoms with Gasteiger partial charge in [-0.05, 0) is 25.0 Å². The first-order chi connectivity index (χ1) is 9.40. The van der Waals surface area contributed by atoms with Gasteiger partial charge in [0.15, 0.2) is 8.67 Å². The van der Waals surface area contributed by atoms with Crippen LogP contribution in [0, 0.1) is 0 Å². The van der Waals surface area contributed by atoms with Crippen molar-refractivity contribution in [1.82, 2.24) is 20.2 Å². The van der Waals surface area contributed by atoms with Gasteiger partial charge in [0, 0.05) is 6.20 Å². The number of pyridine rings is 1. The van der Waals surface area contributed by atoms with Crippen LogP contribution in [-0.2, 0) is 8.67 Å². The van der Waals surface area contributed by atoms with E-state index in [9.17, 15) is 0 Å². The topological polar surface area (TPSA) is 51.6 Å². The Morgan fingerprint density at radius 2 is 1.60 bits per heavy atom. The van der Waals surface area contributed by atoms with E-state index < -0.39 is 8.67 Å². The molecule has 0 saturated carbocycles. The second-order valence-corrected chi connectivity index (χ2v) is 7.42. The van der Waals surface area contributed by atoms with Gasteiger partial charge in [0.1, 0.15) is 17.1 Å². The van der Waals surface area contributed by atoms with E-state index in [1.165, 1.54) is 0 Å². The third kappa shape index (κ3) is 2.46. The SMILES string of the molecule is ClC1(Cl)CCC(Cl)(Cl)c2nc(-c3ccccn3)nnc21. The molecule has 0 unspecified atom stereocenters. The Kier molecular flexibility index (Phi) is 3.53. The van der Waals surface area contributed by atoms with E-state index in [0.29, 0.717) is 35.7 Å². The summed E-state index contributed by atoms with van der Waals surface area (Å²) in [6.07, 6.45) is 2.41. The summed E-state index contributed by atoms with van der Waals surface area (Å²) in [5, 5.41) is 8.07. The Bertz CT molecular complexity index is 645. The lowest BCUT2D eigenvalue weighted by molar-refractivity contribution is 0.537. The summed E-state index contributed by atoms with van der Waals surface area (Å²) in [6.45, 7) is 0. The van der Waals surface area contributed by atoms with Crippen molar-refractivity contribution >= 4 is 46.4 Å². The van der Waals surface area contributed by atoms with Crippen molar-refractivity contribution in [1.29, 1.82) is 0 Å². The van der Waals surface area contributed by atoms with Crippen molar-refractivity contribution in [3.05, 3.63) is 35.8 Å². The van der Waals surface area contributed by atoms with Crippen LogP contribution < -0.4 is 0 Å². The van der Waals surface area contributed by atoms with E-state index in [-0.39, 0.29) is 0 Å². The standard InChI is InChI=1S/C12H8Cl4N4/c13-11(14)4-5-12(15,16)9-8(11)18-10(20-19-9)7-3-1-2-6-17-7/h1-3,6H,4-5H2. The first-order valence-electron chi connectivity index (χ1n) is 5.83. The average molecular weight is 350 g/mol. The molecule has 0 saturated heterocycles. The maximum absolute atomic E-state index is 6.29. The van der Waals surface area contributed by atoms with Crippen LogP contribution in [0.25, 0.3) is 11.5 Å². The lowest BCUT2D eigenvalue weighted by Gasteiger charge is -2.32. The van der Waals surface area contributed by atoms with E-state index >= 15 is 0 Å². The lowest BCUT2D eigenvalue weighted by atomic mass is 9.98. The number of nitrogens with zero attached hydrogens (tertiary/aromatic N) is 4. The van der Waals surface area contributed by atoms with Crippen LogP contribution >= 0.6 is 46.4 Å². The zero-order chi connectivity index (χ0) is 14.4. The van der Waals surface area contributed by atoms with Gasteiger partial charge >= 0.3 is 0 Å². The minimum atomic E-state index is -1.18. The molecule has 2 aromatic rings. The summed E-state index contributed by atoms with van der Waals surface area (Å²) in [7, 11) is 0. The zero-order valence-electron chi connectivity index (χ0n) is 10.0. The van der Waals surface area contributed by atoms with Crippen LogP contribution in [0.1, 0.15) is 24.2 Å². The molecule has 2 aromatic heterocycles. The summed E-state index contributed by atoms with van der Waals surface area (Å²) in [4.78, 5) is 8.53. The number of aromatic nitrogens is 4. The Balaban J connectivity index is 2.16. The minimum Gasteiger partial charge on any atom is -0.253 e. The molecule has 1 aliphatic carbocycles. The molecular weight excluding hydrogens is 342 g/mol. The van der Waals surface area contributed by atoms with Crippen molar-refractivity contribution in [3.8, 4) is 11.5 Å². The van der Waals surface area contributed by atoms with Gasteiger partial charge in [0.05, 0.1) is 0 Å². The Morgan fingerprint density at radius 3 is 2.25 bits per heavy atom. The zero-order valence-corrected chi connectivity index (χ0v) is 13.0. The molecule has 104 valence electrons. The Labute approximate surface area is 135 Å². The van der Waals surface area contributed by atoms with Crippen molar-refractivity contribution in [2.24, 2.45) is 0 Å². The average Bonchev–Trinajstić information content (AvgIpc) is 2.45. The number of hydrogen-bond donors (Lipinski definition) is 0. The fourth-order valence-electron chi connectivity index (χ4n) is 1.98. The number of hydrogen-bond acceptors (Lipinski definition) is 4. The highest BCUT2D eigenvalue weighted by Crippen LogP contribution is 2.52. The molecule has 0 atom stereocenters. The number of halogens is 4. The van der Waals surface area contributed by atoms with E-state index in [1.807, 2.05) is 6.07 Å². The molecule has 0 radical (unpaired) electrons. The second-order valence-electron chi connectivity index (χ2n) is 4.46. The van der Waals surface area contributed by atoms with Crippen LogP contribution in [0.3, 0.4) is 0 Å². The largest absolute Gasteiger partial charge is 0.253 e. The smallest absolute Gasteiger partial charge is 0.200 e. The third-order valence-electron chi connectivity index (χ3n) is 3.03. The van der Waals surface area contributed by atoms with Crippen molar-refractivity contribution < 1.29 is 0 Å². The molecule has 2 heterocycles. The molecule has 0 spiro atoms. The van der Waals surface area contributed by atoms with Gasteiger partial charge in [-0.3, -0.25) is 4.98 Å². The predicted octanol–water partition coefficient (Wildman–Crippen LogP) is 3.99. The molecule has 1 aliphatic rings. The van der Waals surface area contributed by atoms with Crippen molar-refractivity contribution in [3.63, 3.8) is 0 Å². The van der Waals surface area contributed by atoms with Gasteiger partial charge in [0.2, 0.25) is 5.82 Å². The third-order valence-corrected chi connectivity index (χ3v) is 4.50. The first kappa shape index (κ1) is 14.3. The minimum absolute atomic E-state index is 0.303. The molecule has 0 aromatic carbocycles.